The zero-order valence-electron chi connectivity index (χ0n) is 41.8. The minimum absolute atomic E-state index is 0. The molecule has 0 aliphatic carbocycles. The maximum absolute atomic E-state index is 12.9. The van der Waals surface area contributed by atoms with Gasteiger partial charge in [-0.1, -0.05) is 191 Å². The molecule has 12 nitrogen and oxygen atoms in total. The molecule has 0 unspecified atom stereocenters. The van der Waals surface area contributed by atoms with Crippen molar-refractivity contribution >= 4 is 21.6 Å². The van der Waals surface area contributed by atoms with Gasteiger partial charge in [0.15, 0.2) is 0 Å². The van der Waals surface area contributed by atoms with Gasteiger partial charge in [0.2, 0.25) is 0 Å². The van der Waals surface area contributed by atoms with Crippen LogP contribution >= 0.6 is 0 Å². The first-order chi connectivity index (χ1) is 27.5. The molecule has 0 saturated heterocycles. The van der Waals surface area contributed by atoms with Crippen molar-refractivity contribution in [2.75, 3.05) is 38.1 Å². The quantitative estimate of drug-likeness (QED) is 0.163. The van der Waals surface area contributed by atoms with E-state index in [-0.39, 0.29) is 97.2 Å². The summed E-state index contributed by atoms with van der Waals surface area (Å²) in [6, 6.07) is 26.8. The van der Waals surface area contributed by atoms with Crippen molar-refractivity contribution in [2.45, 2.75) is 130 Å². The molecule has 4 aromatic rings. The number of rotatable bonds is 10. The predicted molar refractivity (Wildman–Crippen MR) is 251 cm³/mol. The van der Waals surface area contributed by atoms with Crippen molar-refractivity contribution in [1.29, 1.82) is 0 Å². The third-order valence-electron chi connectivity index (χ3n) is 9.31. The van der Waals surface area contributed by atoms with E-state index in [4.69, 9.17) is 0 Å². The van der Waals surface area contributed by atoms with Crippen LogP contribution in [-0.2, 0) is 120 Å². The van der Waals surface area contributed by atoms with Gasteiger partial charge in [-0.2, -0.15) is 0 Å². The molecular weight excluding hydrogens is 1040 g/mol. The Kier molecular flexibility index (Phi) is 39.0. The Balaban J connectivity index is -0.000000217. The summed E-state index contributed by atoms with van der Waals surface area (Å²) in [4.78, 5) is 0. The van der Waals surface area contributed by atoms with Gasteiger partial charge >= 0.3 is 0 Å². The molecule has 0 saturated carbocycles. The Morgan fingerprint density at radius 2 is 0.712 bits per heavy atom. The SMILES string of the molecule is CC(C)(C)c1cc(CNC[C@@H]([O-])c2ccccc2)c([O-])c(C(C)(C)C)c1.CC(C)(C)c1cc(CNC[C@@H]([O-])c2ccccc2)c([O-])c(C(C)(C)C)c1.CS(C)=O.CS(C)=O.[Mo].[Mo].[O-2].[O-2].[O-2].[O-2]. The fourth-order valence-corrected chi connectivity index (χ4v) is 5.87. The van der Waals surface area contributed by atoms with Crippen molar-refractivity contribution in [1.82, 2.24) is 10.6 Å². The van der Waals surface area contributed by atoms with E-state index >= 15 is 0 Å². The van der Waals surface area contributed by atoms with Crippen molar-refractivity contribution < 1.29 is 92.9 Å². The minimum Gasteiger partial charge on any atom is -2.00 e. The Morgan fingerprint density at radius 1 is 0.470 bits per heavy atom. The summed E-state index contributed by atoms with van der Waals surface area (Å²) in [5.41, 5.74) is 6.50. The minimum atomic E-state index is -0.834. The monoisotopic (exact) mass is 1120 g/mol. The average Bonchev–Trinajstić information content (AvgIpc) is 3.11. The van der Waals surface area contributed by atoms with E-state index in [2.05, 4.69) is 93.7 Å². The molecule has 0 radical (unpaired) electrons. The number of benzene rings is 4. The largest absolute Gasteiger partial charge is 2.00 e. The third kappa shape index (κ3) is 28.4. The Hall–Kier alpha value is -2.16. The Labute approximate surface area is 431 Å². The first-order valence-corrected chi connectivity index (χ1v) is 24.4. The molecule has 380 valence electrons. The van der Waals surface area contributed by atoms with Crippen molar-refractivity contribution in [2.24, 2.45) is 0 Å². The average molecular weight is 1120 g/mol. The first kappa shape index (κ1) is 75.4. The molecule has 0 bridgehead atoms. The second-order valence-electron chi connectivity index (χ2n) is 19.6. The van der Waals surface area contributed by atoms with Crippen LogP contribution in [0.1, 0.15) is 140 Å². The zero-order valence-corrected chi connectivity index (χ0v) is 47.4. The topological polar surface area (TPSA) is 264 Å². The van der Waals surface area contributed by atoms with Crippen LogP contribution in [0.3, 0.4) is 0 Å². The number of nitrogens with one attached hydrogen (secondary N) is 2. The van der Waals surface area contributed by atoms with Gasteiger partial charge in [-0.25, -0.2) is 0 Å². The normalized spacial score (nSPS) is 11.8. The van der Waals surface area contributed by atoms with E-state index in [0.29, 0.717) is 26.2 Å². The van der Waals surface area contributed by atoms with Crippen LogP contribution in [0, 0.1) is 0 Å². The summed E-state index contributed by atoms with van der Waals surface area (Å²) < 4.78 is 19.1. The van der Waals surface area contributed by atoms with E-state index in [9.17, 15) is 28.8 Å². The van der Waals surface area contributed by atoms with Gasteiger partial charge in [0.1, 0.15) is 0 Å². The molecule has 66 heavy (non-hydrogen) atoms. The second-order valence-corrected chi connectivity index (χ2v) is 22.5. The van der Waals surface area contributed by atoms with Crippen LogP contribution in [0.2, 0.25) is 0 Å². The smallest absolute Gasteiger partial charge is 0.0199 e. The van der Waals surface area contributed by atoms with Crippen LogP contribution in [0.15, 0.2) is 84.9 Å². The summed E-state index contributed by atoms with van der Waals surface area (Å²) >= 11 is 0. The van der Waals surface area contributed by atoms with Crippen LogP contribution < -0.4 is 31.1 Å². The van der Waals surface area contributed by atoms with E-state index in [1.807, 2.05) is 84.9 Å². The molecule has 2 atom stereocenters. The summed E-state index contributed by atoms with van der Waals surface area (Å²) in [5, 5.41) is 56.8. The Morgan fingerprint density at radius 3 is 0.924 bits per heavy atom. The van der Waals surface area contributed by atoms with Gasteiger partial charge in [0, 0.05) is 102 Å². The predicted octanol–water partition coefficient (Wildman–Crippen LogP) is 6.60. The first-order valence-electron chi connectivity index (χ1n) is 20.5. The van der Waals surface area contributed by atoms with Crippen LogP contribution in [0.5, 0.6) is 11.5 Å². The van der Waals surface area contributed by atoms with E-state index in [1.54, 1.807) is 25.0 Å². The van der Waals surface area contributed by atoms with Crippen LogP contribution in [0.25, 0.3) is 0 Å². The van der Waals surface area contributed by atoms with Gasteiger partial charge in [-0.15, -0.1) is 11.5 Å². The molecule has 4 aromatic carbocycles. The molecule has 0 aliphatic heterocycles. The van der Waals surface area contributed by atoms with Crippen LogP contribution in [-0.4, -0.2) is 46.5 Å². The molecule has 16 heteroatoms. The standard InChI is InChI=1S/2C23H32NO2.2C2H6OS.2Mo.4O/c2*1-22(2,3)18-12-17(21(26)19(13-18)23(4,5)6)14-24-15-20(25)16-10-8-7-9-11-16;2*1-4(2)3;;;;;;/h2*7-13,20,24,26H,14-15H2,1-6H3;2*1-2H3;;;;;;/q2*-1;;;;;4*-2/p-2/t2*20-;;;;;;;;/m11......../s1. The summed E-state index contributed by atoms with van der Waals surface area (Å²) in [5.74, 6) is 0.167. The maximum atomic E-state index is 12.9. The van der Waals surface area contributed by atoms with E-state index < -0.39 is 33.8 Å². The van der Waals surface area contributed by atoms with E-state index in [1.165, 1.54) is 0 Å². The van der Waals surface area contributed by atoms with Crippen LogP contribution in [0.4, 0.5) is 0 Å². The van der Waals surface area contributed by atoms with Crippen molar-refractivity contribution in [3.05, 3.63) is 129 Å². The number of hydrogen-bond acceptors (Lipinski definition) is 8. The molecule has 0 heterocycles. The van der Waals surface area contributed by atoms with Gasteiger partial charge in [0.05, 0.1) is 0 Å². The summed E-state index contributed by atoms with van der Waals surface area (Å²) in [6.07, 6.45) is 4.89. The maximum Gasteiger partial charge on any atom is 0.0199 e. The fourth-order valence-electron chi connectivity index (χ4n) is 5.87. The van der Waals surface area contributed by atoms with Gasteiger partial charge in [-0.05, 0) is 68.1 Å². The third-order valence-corrected chi connectivity index (χ3v) is 9.31. The van der Waals surface area contributed by atoms with Crippen molar-refractivity contribution in [3.63, 3.8) is 0 Å². The molecular formula is C50H74Mo2N2O10S2-12. The zero-order chi connectivity index (χ0) is 46.2. The van der Waals surface area contributed by atoms with Gasteiger partial charge in [-0.3, -0.25) is 8.42 Å². The van der Waals surface area contributed by atoms with Gasteiger partial charge < -0.3 is 53.0 Å². The molecule has 0 aromatic heterocycles. The second kappa shape index (κ2) is 34.2. The Bertz CT molecular complexity index is 1800. The molecule has 4 rings (SSSR count). The molecule has 0 aliphatic rings. The molecule has 2 N–H and O–H groups in total. The molecule has 0 fully saturated rings. The number of hydrogen-bond donors (Lipinski definition) is 2. The van der Waals surface area contributed by atoms with Crippen molar-refractivity contribution in [3.8, 4) is 11.5 Å². The molecule has 0 spiro atoms. The summed E-state index contributed by atoms with van der Waals surface area (Å²) in [6.45, 7) is 26.7. The van der Waals surface area contributed by atoms with Gasteiger partial charge in [0.25, 0.3) is 0 Å². The molecule has 0 amide bonds. The summed E-state index contributed by atoms with van der Waals surface area (Å²) in [7, 11) is -1.22. The fraction of sp³-hybridized carbons (Fsp3) is 0.520. The van der Waals surface area contributed by atoms with E-state index in [0.717, 1.165) is 44.5 Å².